The van der Waals surface area contributed by atoms with E-state index in [2.05, 4.69) is 10.1 Å². The van der Waals surface area contributed by atoms with Gasteiger partial charge in [0.1, 0.15) is 0 Å². The Morgan fingerprint density at radius 3 is 2.79 bits per heavy atom. The van der Waals surface area contributed by atoms with Crippen LogP contribution in [-0.4, -0.2) is 27.5 Å². The second-order valence-electron chi connectivity index (χ2n) is 5.97. The fourth-order valence-electron chi connectivity index (χ4n) is 3.09. The van der Waals surface area contributed by atoms with Crippen LogP contribution in [0.4, 0.5) is 0 Å². The lowest BCUT2D eigenvalue weighted by Gasteiger charge is -2.25. The topological polar surface area (TPSA) is 72.4 Å². The summed E-state index contributed by atoms with van der Waals surface area (Å²) in [4.78, 5) is 18.7. The number of hydrogen-bond donors (Lipinski definition) is 0. The second kappa shape index (κ2) is 5.96. The first-order valence-corrected chi connectivity index (χ1v) is 7.94. The number of amides is 1. The molecular formula is C18H17N3O3. The van der Waals surface area contributed by atoms with E-state index in [1.54, 1.807) is 18.4 Å². The summed E-state index contributed by atoms with van der Waals surface area (Å²) < 4.78 is 10.5. The van der Waals surface area contributed by atoms with Gasteiger partial charge in [0.15, 0.2) is 11.6 Å². The summed E-state index contributed by atoms with van der Waals surface area (Å²) in [5.74, 6) is 1.49. The average molecular weight is 323 g/mol. The number of benzene rings is 1. The van der Waals surface area contributed by atoms with Crippen LogP contribution < -0.4 is 0 Å². The van der Waals surface area contributed by atoms with Gasteiger partial charge in [0, 0.05) is 18.9 Å². The molecule has 6 heteroatoms. The first kappa shape index (κ1) is 14.7. The molecule has 1 aliphatic rings. The Morgan fingerprint density at radius 2 is 2.04 bits per heavy atom. The van der Waals surface area contributed by atoms with E-state index in [1.165, 1.54) is 0 Å². The van der Waals surface area contributed by atoms with Crippen LogP contribution in [0.2, 0.25) is 0 Å². The summed E-state index contributed by atoms with van der Waals surface area (Å²) in [6, 6.07) is 13.6. The molecule has 3 aromatic rings. The lowest BCUT2D eigenvalue weighted by molar-refractivity contribution is -0.129. The standard InChI is InChI=1S/C18H17N3O3/c1-12(13-6-3-2-4-7-13)21-11-14(10-16(21)22)17-19-18(24-20-17)15-8-5-9-23-15/h2-9,12,14H,10-11H2,1H3. The Hall–Kier alpha value is -2.89. The predicted octanol–water partition coefficient (Wildman–Crippen LogP) is 3.41. The SMILES string of the molecule is CC(c1ccccc1)N1CC(c2noc(-c3ccco3)n2)CC1=O. The molecule has 1 aromatic carbocycles. The molecule has 3 heterocycles. The third-order valence-electron chi connectivity index (χ3n) is 4.45. The van der Waals surface area contributed by atoms with E-state index in [9.17, 15) is 4.79 Å². The number of carbonyl (C=O) groups is 1. The lowest BCUT2D eigenvalue weighted by atomic mass is 10.1. The maximum absolute atomic E-state index is 12.4. The zero-order valence-electron chi connectivity index (χ0n) is 13.3. The van der Waals surface area contributed by atoms with Crippen LogP contribution in [0.3, 0.4) is 0 Å². The highest BCUT2D eigenvalue weighted by Gasteiger charge is 2.36. The monoisotopic (exact) mass is 323 g/mol. The van der Waals surface area contributed by atoms with Crippen LogP contribution >= 0.6 is 0 Å². The van der Waals surface area contributed by atoms with Crippen LogP contribution in [0.15, 0.2) is 57.7 Å². The van der Waals surface area contributed by atoms with E-state index in [0.717, 1.165) is 5.56 Å². The Morgan fingerprint density at radius 1 is 1.21 bits per heavy atom. The number of nitrogens with zero attached hydrogens (tertiary/aromatic N) is 3. The fraction of sp³-hybridized carbons (Fsp3) is 0.278. The average Bonchev–Trinajstić information content (AvgIpc) is 3.34. The summed E-state index contributed by atoms with van der Waals surface area (Å²) in [7, 11) is 0. The molecule has 0 saturated carbocycles. The van der Waals surface area contributed by atoms with Gasteiger partial charge >= 0.3 is 0 Å². The number of furan rings is 1. The number of likely N-dealkylation sites (tertiary alicyclic amines) is 1. The zero-order valence-corrected chi connectivity index (χ0v) is 13.3. The van der Waals surface area contributed by atoms with Gasteiger partial charge in [0.25, 0.3) is 5.89 Å². The van der Waals surface area contributed by atoms with Crippen molar-refractivity contribution in [2.45, 2.75) is 25.3 Å². The van der Waals surface area contributed by atoms with Gasteiger partial charge in [-0.15, -0.1) is 0 Å². The van der Waals surface area contributed by atoms with Crippen LogP contribution in [0, 0.1) is 0 Å². The quantitative estimate of drug-likeness (QED) is 0.735. The van der Waals surface area contributed by atoms with Gasteiger partial charge in [-0.1, -0.05) is 35.5 Å². The Kier molecular flexibility index (Phi) is 3.65. The van der Waals surface area contributed by atoms with Crippen molar-refractivity contribution in [2.24, 2.45) is 0 Å². The van der Waals surface area contributed by atoms with Gasteiger partial charge in [0.2, 0.25) is 5.91 Å². The van der Waals surface area contributed by atoms with Crippen molar-refractivity contribution in [1.29, 1.82) is 0 Å². The molecule has 0 bridgehead atoms. The molecule has 1 fully saturated rings. The molecule has 4 rings (SSSR count). The zero-order chi connectivity index (χ0) is 16.5. The number of hydrogen-bond acceptors (Lipinski definition) is 5. The molecule has 1 amide bonds. The van der Waals surface area contributed by atoms with Crippen LogP contribution in [0.5, 0.6) is 0 Å². The van der Waals surface area contributed by atoms with Gasteiger partial charge in [-0.2, -0.15) is 4.98 Å². The second-order valence-corrected chi connectivity index (χ2v) is 5.97. The molecule has 0 N–H and O–H groups in total. The third-order valence-corrected chi connectivity index (χ3v) is 4.45. The van der Waals surface area contributed by atoms with E-state index in [-0.39, 0.29) is 17.9 Å². The first-order chi connectivity index (χ1) is 11.7. The molecule has 0 aliphatic carbocycles. The van der Waals surface area contributed by atoms with Crippen molar-refractivity contribution < 1.29 is 13.7 Å². The van der Waals surface area contributed by atoms with Crippen molar-refractivity contribution in [3.05, 3.63) is 60.1 Å². The number of aromatic nitrogens is 2. The molecule has 0 spiro atoms. The highest BCUT2D eigenvalue weighted by atomic mass is 16.5. The molecule has 2 atom stereocenters. The minimum atomic E-state index is -0.0591. The van der Waals surface area contributed by atoms with E-state index in [4.69, 9.17) is 8.94 Å². The highest BCUT2D eigenvalue weighted by Crippen LogP contribution is 2.33. The van der Waals surface area contributed by atoms with Gasteiger partial charge in [-0.3, -0.25) is 4.79 Å². The minimum Gasteiger partial charge on any atom is -0.459 e. The molecule has 2 unspecified atom stereocenters. The van der Waals surface area contributed by atoms with Crippen molar-refractivity contribution in [3.8, 4) is 11.7 Å². The summed E-state index contributed by atoms with van der Waals surface area (Å²) in [5.41, 5.74) is 1.12. The van der Waals surface area contributed by atoms with Crippen molar-refractivity contribution in [1.82, 2.24) is 15.0 Å². The summed E-state index contributed by atoms with van der Waals surface area (Å²) in [6.45, 7) is 2.63. The number of carbonyl (C=O) groups excluding carboxylic acids is 1. The summed E-state index contributed by atoms with van der Waals surface area (Å²) in [6.07, 6.45) is 1.95. The van der Waals surface area contributed by atoms with Gasteiger partial charge in [-0.25, -0.2) is 0 Å². The lowest BCUT2D eigenvalue weighted by Crippen LogP contribution is -2.28. The predicted molar refractivity (Wildman–Crippen MR) is 85.9 cm³/mol. The van der Waals surface area contributed by atoms with Crippen LogP contribution in [0.1, 0.15) is 36.7 Å². The van der Waals surface area contributed by atoms with Crippen LogP contribution in [-0.2, 0) is 4.79 Å². The highest BCUT2D eigenvalue weighted by molar-refractivity contribution is 5.80. The molecule has 6 nitrogen and oxygen atoms in total. The minimum absolute atomic E-state index is 0.0279. The fourth-order valence-corrected chi connectivity index (χ4v) is 3.09. The molecule has 1 aliphatic heterocycles. The van der Waals surface area contributed by atoms with E-state index >= 15 is 0 Å². The maximum atomic E-state index is 12.4. The molecule has 24 heavy (non-hydrogen) atoms. The maximum Gasteiger partial charge on any atom is 0.293 e. The molecular weight excluding hydrogens is 306 g/mol. The van der Waals surface area contributed by atoms with Crippen molar-refractivity contribution in [3.63, 3.8) is 0 Å². The first-order valence-electron chi connectivity index (χ1n) is 7.94. The summed E-state index contributed by atoms with van der Waals surface area (Å²) >= 11 is 0. The normalized spacial score (nSPS) is 19.0. The molecule has 2 aromatic heterocycles. The summed E-state index contributed by atoms with van der Waals surface area (Å²) in [5, 5.41) is 4.03. The Bertz CT molecular complexity index is 826. The van der Waals surface area contributed by atoms with Crippen LogP contribution in [0.25, 0.3) is 11.7 Å². The van der Waals surface area contributed by atoms with E-state index < -0.39 is 0 Å². The molecule has 0 radical (unpaired) electrons. The smallest absolute Gasteiger partial charge is 0.293 e. The third kappa shape index (κ3) is 2.60. The van der Waals surface area contributed by atoms with Crippen molar-refractivity contribution in [2.75, 3.05) is 6.54 Å². The molecule has 122 valence electrons. The Balaban J connectivity index is 1.52. The van der Waals surface area contributed by atoms with Gasteiger partial charge < -0.3 is 13.8 Å². The molecule has 1 saturated heterocycles. The van der Waals surface area contributed by atoms with E-state index in [1.807, 2.05) is 42.2 Å². The van der Waals surface area contributed by atoms with Crippen molar-refractivity contribution >= 4 is 5.91 Å². The van der Waals surface area contributed by atoms with Gasteiger partial charge in [-0.05, 0) is 24.6 Å². The Labute approximate surface area is 139 Å². The van der Waals surface area contributed by atoms with E-state index in [0.29, 0.717) is 30.4 Å². The van der Waals surface area contributed by atoms with Gasteiger partial charge in [0.05, 0.1) is 12.3 Å². The number of rotatable bonds is 4. The largest absolute Gasteiger partial charge is 0.459 e.